The summed E-state index contributed by atoms with van der Waals surface area (Å²) in [4.78, 5) is 10.0. The summed E-state index contributed by atoms with van der Waals surface area (Å²) in [6.45, 7) is 2.92. The highest BCUT2D eigenvalue weighted by molar-refractivity contribution is 5.56. The van der Waals surface area contributed by atoms with Crippen LogP contribution in [0.5, 0.6) is 0 Å². The largest absolute Gasteiger partial charge is 0.499 e. The molecule has 0 aromatic heterocycles. The molecule has 0 fully saturated rings. The maximum atomic E-state index is 10.0. The number of carbonyl (C=O) groups is 1. The lowest BCUT2D eigenvalue weighted by Gasteiger charge is -2.23. The minimum atomic E-state index is -1.74. The van der Waals surface area contributed by atoms with E-state index in [2.05, 4.69) is 11.3 Å². The van der Waals surface area contributed by atoms with Gasteiger partial charge in [0.25, 0.3) is 0 Å². The summed E-state index contributed by atoms with van der Waals surface area (Å²) in [6.07, 6.45) is -5.42. The van der Waals surface area contributed by atoms with Crippen LogP contribution in [0.25, 0.3) is 0 Å². The van der Waals surface area contributed by atoms with Gasteiger partial charge in [-0.15, -0.1) is 0 Å². The molecule has 4 atom stereocenters. The molecular formula is C8H14O6. The topological polar surface area (TPSA) is 107 Å². The molecule has 0 saturated carbocycles. The third-order valence-electron chi connectivity index (χ3n) is 1.62. The zero-order chi connectivity index (χ0) is 11.1. The van der Waals surface area contributed by atoms with Gasteiger partial charge in [-0.2, -0.15) is 0 Å². The van der Waals surface area contributed by atoms with Crippen LogP contribution in [-0.4, -0.2) is 57.7 Å². The lowest BCUT2D eigenvalue weighted by Crippen LogP contribution is -2.46. The van der Waals surface area contributed by atoms with Crippen molar-refractivity contribution in [3.05, 3.63) is 12.8 Å². The normalized spacial score (nSPS) is 19.1. The SMILES string of the molecule is C=COC[C@@H](O)[C@H](O)[C@H](O)[C@@H](O)C=O. The molecule has 0 unspecified atom stereocenters. The number of aliphatic hydroxyl groups is 4. The molecule has 0 aromatic carbocycles. The lowest BCUT2D eigenvalue weighted by molar-refractivity contribution is -0.136. The molecule has 0 aromatic rings. The summed E-state index contributed by atoms with van der Waals surface area (Å²) in [5.41, 5.74) is 0. The van der Waals surface area contributed by atoms with Gasteiger partial charge in [0.05, 0.1) is 6.26 Å². The second-order valence-electron chi connectivity index (χ2n) is 2.68. The molecule has 0 spiro atoms. The van der Waals surface area contributed by atoms with Gasteiger partial charge in [0.2, 0.25) is 0 Å². The Morgan fingerprint density at radius 1 is 1.21 bits per heavy atom. The first-order chi connectivity index (χ1) is 6.54. The third kappa shape index (κ3) is 3.84. The number of hydrogen-bond donors (Lipinski definition) is 4. The van der Waals surface area contributed by atoms with E-state index in [0.717, 1.165) is 6.26 Å². The first-order valence-corrected chi connectivity index (χ1v) is 3.94. The Hall–Kier alpha value is -0.950. The number of carbonyl (C=O) groups excluding carboxylic acids is 1. The lowest BCUT2D eigenvalue weighted by atomic mass is 10.0. The number of ether oxygens (including phenoxy) is 1. The minimum Gasteiger partial charge on any atom is -0.499 e. The van der Waals surface area contributed by atoms with Crippen molar-refractivity contribution in [1.82, 2.24) is 0 Å². The highest BCUT2D eigenvalue weighted by atomic mass is 16.5. The first kappa shape index (κ1) is 13.1. The average Bonchev–Trinajstić information content (AvgIpc) is 2.22. The van der Waals surface area contributed by atoms with Crippen molar-refractivity contribution >= 4 is 6.29 Å². The fraction of sp³-hybridized carbons (Fsp3) is 0.625. The second kappa shape index (κ2) is 6.50. The Morgan fingerprint density at radius 3 is 2.21 bits per heavy atom. The standard InChI is InChI=1S/C8H14O6/c1-2-14-4-6(11)8(13)7(12)5(10)3-9/h2-3,5-8,10-13H,1,4H2/t5-,6+,7+,8-/m0/s1. The summed E-state index contributed by atoms with van der Waals surface area (Å²) in [5, 5.41) is 36.2. The molecule has 14 heavy (non-hydrogen) atoms. The monoisotopic (exact) mass is 206 g/mol. The van der Waals surface area contributed by atoms with Gasteiger partial charge in [0, 0.05) is 0 Å². The highest BCUT2D eigenvalue weighted by Crippen LogP contribution is 2.04. The van der Waals surface area contributed by atoms with Crippen molar-refractivity contribution in [2.45, 2.75) is 24.4 Å². The van der Waals surface area contributed by atoms with Crippen molar-refractivity contribution in [1.29, 1.82) is 0 Å². The van der Waals surface area contributed by atoms with Crippen LogP contribution in [0.1, 0.15) is 0 Å². The van der Waals surface area contributed by atoms with E-state index in [9.17, 15) is 9.90 Å². The average molecular weight is 206 g/mol. The predicted octanol–water partition coefficient (Wildman–Crippen LogP) is -2.21. The fourth-order valence-electron chi connectivity index (χ4n) is 0.775. The second-order valence-corrected chi connectivity index (χ2v) is 2.68. The molecule has 4 N–H and O–H groups in total. The Morgan fingerprint density at radius 2 is 1.79 bits per heavy atom. The Balaban J connectivity index is 4.08. The maximum absolute atomic E-state index is 10.0. The number of rotatable bonds is 7. The van der Waals surface area contributed by atoms with Crippen molar-refractivity contribution in [3.8, 4) is 0 Å². The van der Waals surface area contributed by atoms with Gasteiger partial charge in [-0.1, -0.05) is 6.58 Å². The van der Waals surface area contributed by atoms with Gasteiger partial charge in [-0.25, -0.2) is 0 Å². The van der Waals surface area contributed by atoms with E-state index in [1.165, 1.54) is 0 Å². The summed E-state index contributed by atoms with van der Waals surface area (Å²) in [6, 6.07) is 0. The van der Waals surface area contributed by atoms with E-state index in [-0.39, 0.29) is 12.9 Å². The van der Waals surface area contributed by atoms with Gasteiger partial charge in [0.1, 0.15) is 31.0 Å². The molecule has 0 heterocycles. The smallest absolute Gasteiger partial charge is 0.151 e. The number of hydrogen-bond acceptors (Lipinski definition) is 6. The molecule has 0 aliphatic carbocycles. The van der Waals surface area contributed by atoms with Crippen molar-refractivity contribution in [2.75, 3.05) is 6.61 Å². The number of aliphatic hydroxyl groups excluding tert-OH is 4. The molecule has 0 amide bonds. The highest BCUT2D eigenvalue weighted by Gasteiger charge is 2.30. The van der Waals surface area contributed by atoms with Crippen molar-refractivity contribution in [2.24, 2.45) is 0 Å². The fourth-order valence-corrected chi connectivity index (χ4v) is 0.775. The molecule has 6 heteroatoms. The van der Waals surface area contributed by atoms with Gasteiger partial charge < -0.3 is 30.0 Å². The predicted molar refractivity (Wildman–Crippen MR) is 46.2 cm³/mol. The molecule has 0 aliphatic heterocycles. The van der Waals surface area contributed by atoms with Crippen LogP contribution in [-0.2, 0) is 9.53 Å². The minimum absolute atomic E-state index is 0.0644. The van der Waals surface area contributed by atoms with E-state index in [1.54, 1.807) is 0 Å². The zero-order valence-electron chi connectivity index (χ0n) is 7.48. The summed E-state index contributed by atoms with van der Waals surface area (Å²) in [7, 11) is 0. The van der Waals surface area contributed by atoms with E-state index in [1.807, 2.05) is 0 Å². The zero-order valence-corrected chi connectivity index (χ0v) is 7.48. The first-order valence-electron chi connectivity index (χ1n) is 3.94. The molecule has 0 aliphatic rings. The molecule has 0 saturated heterocycles. The van der Waals surface area contributed by atoms with Gasteiger partial charge in [0.15, 0.2) is 6.29 Å². The Labute approximate surface area is 81.1 Å². The summed E-state index contributed by atoms with van der Waals surface area (Å²) >= 11 is 0. The van der Waals surface area contributed by atoms with Gasteiger partial charge >= 0.3 is 0 Å². The van der Waals surface area contributed by atoms with E-state index >= 15 is 0 Å². The van der Waals surface area contributed by atoms with Crippen LogP contribution >= 0.6 is 0 Å². The molecule has 6 nitrogen and oxygen atoms in total. The van der Waals surface area contributed by atoms with Crippen molar-refractivity contribution < 1.29 is 30.0 Å². The Bertz CT molecular complexity index is 183. The van der Waals surface area contributed by atoms with Crippen LogP contribution in [0.2, 0.25) is 0 Å². The van der Waals surface area contributed by atoms with E-state index in [4.69, 9.17) is 15.3 Å². The molecular weight excluding hydrogens is 192 g/mol. The maximum Gasteiger partial charge on any atom is 0.151 e. The Kier molecular flexibility index (Phi) is 6.06. The van der Waals surface area contributed by atoms with Crippen molar-refractivity contribution in [3.63, 3.8) is 0 Å². The van der Waals surface area contributed by atoms with Gasteiger partial charge in [-0.05, 0) is 0 Å². The van der Waals surface area contributed by atoms with Crippen LogP contribution in [0.3, 0.4) is 0 Å². The number of aldehydes is 1. The van der Waals surface area contributed by atoms with Crippen LogP contribution in [0, 0.1) is 0 Å². The van der Waals surface area contributed by atoms with Crippen LogP contribution in [0.15, 0.2) is 12.8 Å². The molecule has 82 valence electrons. The molecule has 0 bridgehead atoms. The molecule has 0 radical (unpaired) electrons. The molecule has 0 rings (SSSR count). The quantitative estimate of drug-likeness (QED) is 0.278. The summed E-state index contributed by atoms with van der Waals surface area (Å²) < 4.78 is 4.55. The van der Waals surface area contributed by atoms with Crippen LogP contribution < -0.4 is 0 Å². The summed E-state index contributed by atoms with van der Waals surface area (Å²) in [5.74, 6) is 0. The van der Waals surface area contributed by atoms with Gasteiger partial charge in [-0.3, -0.25) is 0 Å². The van der Waals surface area contributed by atoms with E-state index in [0.29, 0.717) is 0 Å². The third-order valence-corrected chi connectivity index (χ3v) is 1.62. The van der Waals surface area contributed by atoms with Crippen LogP contribution in [0.4, 0.5) is 0 Å². The van der Waals surface area contributed by atoms with E-state index < -0.39 is 24.4 Å².